The number of anilines is 1. The number of hydrogen-bond acceptors (Lipinski definition) is 5. The second kappa shape index (κ2) is 9.64. The van der Waals surface area contributed by atoms with E-state index in [1.807, 2.05) is 20.8 Å². The molecule has 1 aliphatic heterocycles. The van der Waals surface area contributed by atoms with Crippen LogP contribution in [0.5, 0.6) is 11.5 Å². The standard InChI is InChI=1S/C18H26ClN3O4/c1-4-22(10-17(23)20-12(2)3)11-18(24)21-14-9-16-15(8-13(14)19)25-6-5-7-26-16/h8-9,12H,4-7,10-11H2,1-3H3,(H,20,23)(H,21,24). The monoisotopic (exact) mass is 383 g/mol. The van der Waals surface area contributed by atoms with Crippen LogP contribution >= 0.6 is 11.6 Å². The van der Waals surface area contributed by atoms with Crippen molar-refractivity contribution in [2.45, 2.75) is 33.2 Å². The molecular formula is C18H26ClN3O4. The van der Waals surface area contributed by atoms with Crippen LogP contribution < -0.4 is 20.1 Å². The van der Waals surface area contributed by atoms with Gasteiger partial charge in [-0.3, -0.25) is 14.5 Å². The second-order valence-electron chi connectivity index (χ2n) is 6.40. The predicted molar refractivity (Wildman–Crippen MR) is 101 cm³/mol. The number of carbonyl (C=O) groups is 2. The molecule has 1 aromatic carbocycles. The molecule has 0 spiro atoms. The SMILES string of the molecule is CCN(CC(=O)Nc1cc2c(cc1Cl)OCCCO2)CC(=O)NC(C)C. The van der Waals surface area contributed by atoms with Crippen molar-refractivity contribution >= 4 is 29.1 Å². The first kappa shape index (κ1) is 20.3. The minimum absolute atomic E-state index is 0.0654. The number of carbonyl (C=O) groups excluding carboxylic acids is 2. The van der Waals surface area contributed by atoms with Crippen molar-refractivity contribution in [3.05, 3.63) is 17.2 Å². The first-order valence-corrected chi connectivity index (χ1v) is 9.17. The highest BCUT2D eigenvalue weighted by atomic mass is 35.5. The Balaban J connectivity index is 1.98. The Morgan fingerprint density at radius 1 is 1.15 bits per heavy atom. The van der Waals surface area contributed by atoms with Gasteiger partial charge in [-0.05, 0) is 20.4 Å². The third-order valence-electron chi connectivity index (χ3n) is 3.74. The van der Waals surface area contributed by atoms with Gasteiger partial charge in [0.1, 0.15) is 0 Å². The summed E-state index contributed by atoms with van der Waals surface area (Å²) < 4.78 is 11.2. The molecule has 0 unspecified atom stereocenters. The number of ether oxygens (including phenoxy) is 2. The molecule has 7 nitrogen and oxygen atoms in total. The van der Waals surface area contributed by atoms with E-state index in [0.29, 0.717) is 42.0 Å². The summed E-state index contributed by atoms with van der Waals surface area (Å²) in [4.78, 5) is 26.0. The van der Waals surface area contributed by atoms with Gasteiger partial charge < -0.3 is 20.1 Å². The van der Waals surface area contributed by atoms with Crippen molar-refractivity contribution in [1.82, 2.24) is 10.2 Å². The van der Waals surface area contributed by atoms with Crippen molar-refractivity contribution in [3.8, 4) is 11.5 Å². The molecule has 0 atom stereocenters. The van der Waals surface area contributed by atoms with Crippen molar-refractivity contribution in [2.24, 2.45) is 0 Å². The molecule has 0 aliphatic carbocycles. The van der Waals surface area contributed by atoms with Gasteiger partial charge in [0.05, 0.1) is 37.0 Å². The van der Waals surface area contributed by atoms with Crippen LogP contribution in [0.4, 0.5) is 5.69 Å². The maximum atomic E-state index is 12.4. The van der Waals surface area contributed by atoms with Gasteiger partial charge in [-0.15, -0.1) is 0 Å². The molecule has 144 valence electrons. The fourth-order valence-electron chi connectivity index (χ4n) is 2.52. The fraction of sp³-hybridized carbons (Fsp3) is 0.556. The van der Waals surface area contributed by atoms with E-state index in [2.05, 4.69) is 10.6 Å². The third-order valence-corrected chi connectivity index (χ3v) is 4.06. The smallest absolute Gasteiger partial charge is 0.238 e. The molecule has 0 saturated heterocycles. The summed E-state index contributed by atoms with van der Waals surface area (Å²) >= 11 is 6.24. The number of rotatable bonds is 7. The maximum absolute atomic E-state index is 12.4. The summed E-state index contributed by atoms with van der Waals surface area (Å²) in [5, 5.41) is 5.97. The van der Waals surface area contributed by atoms with Crippen molar-refractivity contribution in [3.63, 3.8) is 0 Å². The minimum atomic E-state index is -0.249. The Morgan fingerprint density at radius 3 is 2.38 bits per heavy atom. The van der Waals surface area contributed by atoms with Crippen molar-refractivity contribution < 1.29 is 19.1 Å². The lowest BCUT2D eigenvalue weighted by atomic mass is 10.2. The molecule has 1 aromatic rings. The number of hydrogen-bond donors (Lipinski definition) is 2. The number of benzene rings is 1. The summed E-state index contributed by atoms with van der Waals surface area (Å²) in [6.07, 6.45) is 0.790. The van der Waals surface area contributed by atoms with Gasteiger partial charge >= 0.3 is 0 Å². The lowest BCUT2D eigenvalue weighted by Gasteiger charge is -2.20. The van der Waals surface area contributed by atoms with E-state index in [-0.39, 0.29) is 30.9 Å². The normalized spacial score (nSPS) is 13.5. The minimum Gasteiger partial charge on any atom is -0.490 e. The second-order valence-corrected chi connectivity index (χ2v) is 6.81. The number of halogens is 1. The van der Waals surface area contributed by atoms with Gasteiger partial charge in [-0.1, -0.05) is 18.5 Å². The van der Waals surface area contributed by atoms with Crippen LogP contribution in [0.25, 0.3) is 0 Å². The summed E-state index contributed by atoms with van der Waals surface area (Å²) in [6, 6.07) is 3.38. The highest BCUT2D eigenvalue weighted by molar-refractivity contribution is 6.34. The van der Waals surface area contributed by atoms with Crippen LogP contribution in [0.1, 0.15) is 27.2 Å². The van der Waals surface area contributed by atoms with Gasteiger partial charge in [-0.25, -0.2) is 0 Å². The molecular weight excluding hydrogens is 358 g/mol. The molecule has 0 aromatic heterocycles. The Labute approximate surface area is 159 Å². The zero-order valence-corrected chi connectivity index (χ0v) is 16.2. The molecule has 0 saturated carbocycles. The average molecular weight is 384 g/mol. The maximum Gasteiger partial charge on any atom is 0.238 e. The first-order chi connectivity index (χ1) is 12.4. The highest BCUT2D eigenvalue weighted by Crippen LogP contribution is 2.37. The summed E-state index contributed by atoms with van der Waals surface area (Å²) in [5.41, 5.74) is 0.462. The van der Waals surface area contributed by atoms with Crippen LogP contribution in [0.2, 0.25) is 5.02 Å². The number of fused-ring (bicyclic) bond motifs is 1. The molecule has 1 aliphatic rings. The van der Waals surface area contributed by atoms with Crippen LogP contribution in [0.15, 0.2) is 12.1 Å². The first-order valence-electron chi connectivity index (χ1n) is 8.79. The Morgan fingerprint density at radius 2 is 1.77 bits per heavy atom. The van der Waals surface area contributed by atoms with E-state index < -0.39 is 0 Å². The van der Waals surface area contributed by atoms with E-state index in [4.69, 9.17) is 21.1 Å². The van der Waals surface area contributed by atoms with Crippen LogP contribution in [-0.4, -0.2) is 55.6 Å². The van der Waals surface area contributed by atoms with E-state index in [9.17, 15) is 9.59 Å². The molecule has 2 amide bonds. The lowest BCUT2D eigenvalue weighted by Crippen LogP contribution is -2.42. The summed E-state index contributed by atoms with van der Waals surface area (Å²) in [7, 11) is 0. The molecule has 2 rings (SSSR count). The third kappa shape index (κ3) is 6.07. The van der Waals surface area contributed by atoms with Gasteiger partial charge in [0, 0.05) is 24.6 Å². The predicted octanol–water partition coefficient (Wildman–Crippen LogP) is 2.29. The van der Waals surface area contributed by atoms with E-state index in [0.717, 1.165) is 6.42 Å². The molecule has 0 radical (unpaired) electrons. The van der Waals surface area contributed by atoms with Crippen LogP contribution in [0, 0.1) is 0 Å². The van der Waals surface area contributed by atoms with Gasteiger partial charge in [-0.2, -0.15) is 0 Å². The molecule has 1 heterocycles. The van der Waals surface area contributed by atoms with Crippen molar-refractivity contribution in [1.29, 1.82) is 0 Å². The number of nitrogens with zero attached hydrogens (tertiary/aromatic N) is 1. The van der Waals surface area contributed by atoms with Crippen molar-refractivity contribution in [2.75, 3.05) is 38.2 Å². The number of nitrogens with one attached hydrogen (secondary N) is 2. The topological polar surface area (TPSA) is 79.9 Å². The fourth-order valence-corrected chi connectivity index (χ4v) is 2.72. The van der Waals surface area contributed by atoms with E-state index in [1.54, 1.807) is 17.0 Å². The lowest BCUT2D eigenvalue weighted by molar-refractivity contribution is -0.123. The average Bonchev–Trinajstić information content (AvgIpc) is 2.78. The van der Waals surface area contributed by atoms with Gasteiger partial charge in [0.15, 0.2) is 11.5 Å². The summed E-state index contributed by atoms with van der Waals surface area (Å²) in [5.74, 6) is 0.778. The Kier molecular flexibility index (Phi) is 7.53. The molecule has 0 bridgehead atoms. The Bertz CT molecular complexity index is 652. The largest absolute Gasteiger partial charge is 0.490 e. The van der Waals surface area contributed by atoms with E-state index in [1.165, 1.54) is 0 Å². The quantitative estimate of drug-likeness (QED) is 0.755. The van der Waals surface area contributed by atoms with Gasteiger partial charge in [0.25, 0.3) is 0 Å². The summed E-state index contributed by atoms with van der Waals surface area (Å²) in [6.45, 7) is 7.64. The molecule has 26 heavy (non-hydrogen) atoms. The molecule has 2 N–H and O–H groups in total. The van der Waals surface area contributed by atoms with Crippen LogP contribution in [0.3, 0.4) is 0 Å². The van der Waals surface area contributed by atoms with Gasteiger partial charge in [0.2, 0.25) is 11.8 Å². The number of likely N-dealkylation sites (N-methyl/N-ethyl adjacent to an activating group) is 1. The Hall–Kier alpha value is -1.99. The van der Waals surface area contributed by atoms with Crippen LogP contribution in [-0.2, 0) is 9.59 Å². The zero-order valence-electron chi connectivity index (χ0n) is 15.4. The molecule has 0 fully saturated rings. The zero-order chi connectivity index (χ0) is 19.1. The number of amides is 2. The molecule has 8 heteroatoms. The van der Waals surface area contributed by atoms with E-state index >= 15 is 0 Å². The highest BCUT2D eigenvalue weighted by Gasteiger charge is 2.18.